The Morgan fingerprint density at radius 2 is 2.08 bits per heavy atom. The summed E-state index contributed by atoms with van der Waals surface area (Å²) in [6.45, 7) is 5.40. The van der Waals surface area contributed by atoms with Gasteiger partial charge in [-0.25, -0.2) is 8.42 Å². The van der Waals surface area contributed by atoms with Gasteiger partial charge in [-0.2, -0.15) is 0 Å². The average molecular weight is 186 g/mol. The van der Waals surface area contributed by atoms with E-state index in [-0.39, 0.29) is 0 Å². The molecule has 0 aromatic heterocycles. The maximum atomic E-state index is 11.1. The molecule has 0 aromatic rings. The molecule has 0 unspecified atom stereocenters. The lowest BCUT2D eigenvalue weighted by atomic mass is 10.4. The maximum Gasteiger partial charge on any atom is 0.175 e. The zero-order valence-electron chi connectivity index (χ0n) is 7.45. The predicted octanol–water partition coefficient (Wildman–Crippen LogP) is 2.07. The SMILES string of the molecule is C=C/C=C(\C=C/CC)S(C)(=O)=O. The van der Waals surface area contributed by atoms with Crippen molar-refractivity contribution in [1.29, 1.82) is 0 Å². The molecule has 0 atom stereocenters. The van der Waals surface area contributed by atoms with E-state index in [2.05, 4.69) is 6.58 Å². The molecule has 0 saturated carbocycles. The van der Waals surface area contributed by atoms with Crippen LogP contribution < -0.4 is 0 Å². The molecule has 0 aliphatic rings. The molecular formula is C9H14O2S. The highest BCUT2D eigenvalue weighted by molar-refractivity contribution is 7.94. The fraction of sp³-hybridized carbons (Fsp3) is 0.333. The summed E-state index contributed by atoms with van der Waals surface area (Å²) < 4.78 is 22.1. The predicted molar refractivity (Wildman–Crippen MR) is 52.6 cm³/mol. The van der Waals surface area contributed by atoms with Gasteiger partial charge < -0.3 is 0 Å². The molecule has 0 heterocycles. The molecule has 0 bridgehead atoms. The summed E-state index contributed by atoms with van der Waals surface area (Å²) in [4.78, 5) is 0.305. The van der Waals surface area contributed by atoms with Crippen LogP contribution in [0, 0.1) is 0 Å². The van der Waals surface area contributed by atoms with E-state index in [1.54, 1.807) is 12.2 Å². The summed E-state index contributed by atoms with van der Waals surface area (Å²) in [5.41, 5.74) is 0. The quantitative estimate of drug-likeness (QED) is 0.630. The third-order valence-electron chi connectivity index (χ3n) is 1.23. The van der Waals surface area contributed by atoms with Crippen LogP contribution in [0.25, 0.3) is 0 Å². The smallest absolute Gasteiger partial charge is 0.175 e. The van der Waals surface area contributed by atoms with Crippen LogP contribution in [0.5, 0.6) is 0 Å². The first-order valence-corrected chi connectivity index (χ1v) is 5.60. The van der Waals surface area contributed by atoms with Gasteiger partial charge in [0.15, 0.2) is 9.84 Å². The number of hydrogen-bond donors (Lipinski definition) is 0. The molecule has 0 N–H and O–H groups in total. The molecule has 3 heteroatoms. The Morgan fingerprint density at radius 1 is 1.50 bits per heavy atom. The topological polar surface area (TPSA) is 34.1 Å². The van der Waals surface area contributed by atoms with Crippen molar-refractivity contribution in [2.24, 2.45) is 0 Å². The monoisotopic (exact) mass is 186 g/mol. The molecule has 0 spiro atoms. The van der Waals surface area contributed by atoms with E-state index in [4.69, 9.17) is 0 Å². The van der Waals surface area contributed by atoms with Gasteiger partial charge in [0.2, 0.25) is 0 Å². The minimum Gasteiger partial charge on any atom is -0.224 e. The minimum atomic E-state index is -3.10. The van der Waals surface area contributed by atoms with Gasteiger partial charge in [-0.1, -0.05) is 25.7 Å². The van der Waals surface area contributed by atoms with E-state index in [0.29, 0.717) is 4.91 Å². The normalized spacial score (nSPS) is 13.7. The Kier molecular flexibility index (Phi) is 4.59. The van der Waals surface area contributed by atoms with E-state index in [1.165, 1.54) is 18.4 Å². The Labute approximate surface area is 74.2 Å². The zero-order valence-corrected chi connectivity index (χ0v) is 8.26. The third kappa shape index (κ3) is 4.13. The lowest BCUT2D eigenvalue weighted by Gasteiger charge is -1.95. The van der Waals surface area contributed by atoms with Crippen LogP contribution in [0.1, 0.15) is 13.3 Å². The van der Waals surface area contributed by atoms with E-state index in [1.807, 2.05) is 6.92 Å². The molecule has 0 fully saturated rings. The van der Waals surface area contributed by atoms with Crippen LogP contribution in [0.3, 0.4) is 0 Å². The van der Waals surface area contributed by atoms with Crippen LogP contribution in [0.15, 0.2) is 35.8 Å². The first-order valence-electron chi connectivity index (χ1n) is 3.71. The highest BCUT2D eigenvalue weighted by atomic mass is 32.2. The summed E-state index contributed by atoms with van der Waals surface area (Å²) in [7, 11) is -3.10. The molecule has 0 aromatic carbocycles. The highest BCUT2D eigenvalue weighted by Gasteiger charge is 2.05. The molecule has 0 radical (unpaired) electrons. The van der Waals surface area contributed by atoms with Gasteiger partial charge in [0.1, 0.15) is 0 Å². The number of sulfone groups is 1. The van der Waals surface area contributed by atoms with E-state index in [0.717, 1.165) is 6.42 Å². The van der Waals surface area contributed by atoms with Crippen LogP contribution in [0.2, 0.25) is 0 Å². The molecule has 0 saturated heterocycles. The lowest BCUT2D eigenvalue weighted by molar-refractivity contribution is 0.608. The summed E-state index contributed by atoms with van der Waals surface area (Å²) in [5, 5.41) is 0. The minimum absolute atomic E-state index is 0.305. The summed E-state index contributed by atoms with van der Waals surface area (Å²) in [6, 6.07) is 0. The molecule has 0 aliphatic carbocycles. The van der Waals surface area contributed by atoms with Crippen LogP contribution in [-0.2, 0) is 9.84 Å². The van der Waals surface area contributed by atoms with Crippen molar-refractivity contribution in [3.63, 3.8) is 0 Å². The summed E-state index contributed by atoms with van der Waals surface area (Å²) >= 11 is 0. The van der Waals surface area contributed by atoms with Gasteiger partial charge in [0.25, 0.3) is 0 Å². The van der Waals surface area contributed by atoms with Crippen molar-refractivity contribution in [3.05, 3.63) is 35.8 Å². The second-order valence-corrected chi connectivity index (χ2v) is 4.40. The molecule has 0 rings (SSSR count). The first-order chi connectivity index (χ1) is 5.52. The fourth-order valence-electron chi connectivity index (χ4n) is 0.653. The molecule has 68 valence electrons. The first kappa shape index (κ1) is 11.2. The van der Waals surface area contributed by atoms with Crippen molar-refractivity contribution in [2.45, 2.75) is 13.3 Å². The number of hydrogen-bond acceptors (Lipinski definition) is 2. The van der Waals surface area contributed by atoms with Gasteiger partial charge in [-0.05, 0) is 18.6 Å². The highest BCUT2D eigenvalue weighted by Crippen LogP contribution is 2.06. The second-order valence-electron chi connectivity index (χ2n) is 2.39. The van der Waals surface area contributed by atoms with Gasteiger partial charge >= 0.3 is 0 Å². The van der Waals surface area contributed by atoms with Crippen molar-refractivity contribution >= 4 is 9.84 Å². The molecular weight excluding hydrogens is 172 g/mol. The molecule has 0 amide bonds. The van der Waals surface area contributed by atoms with Crippen molar-refractivity contribution < 1.29 is 8.42 Å². The number of allylic oxidation sites excluding steroid dienone is 4. The maximum absolute atomic E-state index is 11.1. The lowest BCUT2D eigenvalue weighted by Crippen LogP contribution is -1.97. The molecule has 2 nitrogen and oxygen atoms in total. The number of rotatable bonds is 4. The molecule has 0 aliphatic heterocycles. The fourth-order valence-corrected chi connectivity index (χ4v) is 1.34. The Bertz CT molecular complexity index is 294. The standard InChI is InChI=1S/C9H14O2S/c1-4-6-8-9(7-5-2)12(3,10)11/h5-8H,2,4H2,1,3H3/b8-6-,9-7+. The zero-order chi connectivity index (χ0) is 9.61. The van der Waals surface area contributed by atoms with Crippen molar-refractivity contribution in [2.75, 3.05) is 6.26 Å². The van der Waals surface area contributed by atoms with E-state index in [9.17, 15) is 8.42 Å². The molecule has 12 heavy (non-hydrogen) atoms. The van der Waals surface area contributed by atoms with Gasteiger partial charge in [0, 0.05) is 6.26 Å². The van der Waals surface area contributed by atoms with Gasteiger partial charge in [0.05, 0.1) is 4.91 Å². The van der Waals surface area contributed by atoms with Crippen LogP contribution in [-0.4, -0.2) is 14.7 Å². The van der Waals surface area contributed by atoms with Crippen molar-refractivity contribution in [1.82, 2.24) is 0 Å². The largest absolute Gasteiger partial charge is 0.224 e. The van der Waals surface area contributed by atoms with Gasteiger partial charge in [-0.15, -0.1) is 0 Å². The second kappa shape index (κ2) is 4.93. The van der Waals surface area contributed by atoms with Crippen LogP contribution in [0.4, 0.5) is 0 Å². The third-order valence-corrected chi connectivity index (χ3v) is 2.36. The Hall–Kier alpha value is -0.830. The van der Waals surface area contributed by atoms with E-state index >= 15 is 0 Å². The van der Waals surface area contributed by atoms with Crippen molar-refractivity contribution in [3.8, 4) is 0 Å². The summed E-state index contributed by atoms with van der Waals surface area (Å²) in [6.07, 6.45) is 8.36. The van der Waals surface area contributed by atoms with Crippen LogP contribution >= 0.6 is 0 Å². The Balaban J connectivity index is 4.83. The van der Waals surface area contributed by atoms with Gasteiger partial charge in [-0.3, -0.25) is 0 Å². The Morgan fingerprint density at radius 3 is 2.42 bits per heavy atom. The van der Waals surface area contributed by atoms with E-state index < -0.39 is 9.84 Å². The summed E-state index contributed by atoms with van der Waals surface area (Å²) in [5.74, 6) is 0. The average Bonchev–Trinajstić information content (AvgIpc) is 1.95.